The Morgan fingerprint density at radius 3 is 2.88 bits per heavy atom. The monoisotopic (exact) mass is 217 g/mol. The Bertz CT molecular complexity index is 404. The van der Waals surface area contributed by atoms with Gasteiger partial charge in [0.25, 0.3) is 0 Å². The highest BCUT2D eigenvalue weighted by Crippen LogP contribution is 2.49. The molecule has 2 heterocycles. The zero-order valence-corrected chi connectivity index (χ0v) is 9.82. The maximum Gasteiger partial charge on any atom is 0.123 e. The Hall–Kier alpha value is -1.09. The van der Waals surface area contributed by atoms with Crippen LogP contribution in [0.1, 0.15) is 37.3 Å². The summed E-state index contributed by atoms with van der Waals surface area (Å²) in [6, 6.07) is 6.01. The lowest BCUT2D eigenvalue weighted by Gasteiger charge is -2.49. The van der Waals surface area contributed by atoms with Crippen LogP contribution in [0, 0.1) is 0 Å². The molecule has 1 aromatic rings. The average Bonchev–Trinajstić information content (AvgIpc) is 2.74. The Labute approximate surface area is 96.7 Å². The van der Waals surface area contributed by atoms with Crippen molar-refractivity contribution in [3.8, 4) is 0 Å². The SMILES string of the molecule is CN1CCC12CCC(c1cccc(N)n1)C2. The lowest BCUT2D eigenvalue weighted by molar-refractivity contribution is 0.0160. The number of nitrogens with two attached hydrogens (primary N) is 1. The summed E-state index contributed by atoms with van der Waals surface area (Å²) in [6.45, 7) is 1.26. The van der Waals surface area contributed by atoms with E-state index in [0.717, 1.165) is 0 Å². The summed E-state index contributed by atoms with van der Waals surface area (Å²) in [4.78, 5) is 6.98. The van der Waals surface area contributed by atoms with E-state index in [1.807, 2.05) is 12.1 Å². The first-order valence-corrected chi connectivity index (χ1v) is 6.13. The van der Waals surface area contributed by atoms with Crippen molar-refractivity contribution < 1.29 is 0 Å². The zero-order chi connectivity index (χ0) is 11.2. The van der Waals surface area contributed by atoms with Gasteiger partial charge < -0.3 is 10.6 Å². The Balaban J connectivity index is 1.79. The molecular formula is C13H19N3. The molecule has 0 radical (unpaired) electrons. The van der Waals surface area contributed by atoms with E-state index in [2.05, 4.69) is 23.0 Å². The molecule has 1 aliphatic heterocycles. The molecular weight excluding hydrogens is 198 g/mol. The highest BCUT2D eigenvalue weighted by atomic mass is 15.2. The van der Waals surface area contributed by atoms with Gasteiger partial charge in [0.2, 0.25) is 0 Å². The second-order valence-electron chi connectivity index (χ2n) is 5.32. The molecule has 16 heavy (non-hydrogen) atoms. The average molecular weight is 217 g/mol. The summed E-state index contributed by atoms with van der Waals surface area (Å²) in [5, 5.41) is 0. The molecule has 2 aliphatic rings. The molecule has 86 valence electrons. The zero-order valence-electron chi connectivity index (χ0n) is 9.82. The van der Waals surface area contributed by atoms with Crippen molar-refractivity contribution in [3.63, 3.8) is 0 Å². The number of hydrogen-bond donors (Lipinski definition) is 1. The Morgan fingerprint density at radius 1 is 1.44 bits per heavy atom. The number of nitrogens with zero attached hydrogens (tertiary/aromatic N) is 2. The van der Waals surface area contributed by atoms with E-state index in [9.17, 15) is 0 Å². The fourth-order valence-electron chi connectivity index (χ4n) is 3.28. The topological polar surface area (TPSA) is 42.1 Å². The molecule has 1 saturated heterocycles. The highest BCUT2D eigenvalue weighted by Gasteiger charge is 2.48. The van der Waals surface area contributed by atoms with Crippen molar-refractivity contribution in [1.82, 2.24) is 9.88 Å². The van der Waals surface area contributed by atoms with Gasteiger partial charge in [0.05, 0.1) is 0 Å². The van der Waals surface area contributed by atoms with Gasteiger partial charge in [-0.1, -0.05) is 6.07 Å². The van der Waals surface area contributed by atoms with E-state index >= 15 is 0 Å². The van der Waals surface area contributed by atoms with Crippen molar-refractivity contribution in [2.75, 3.05) is 19.3 Å². The van der Waals surface area contributed by atoms with Crippen LogP contribution < -0.4 is 5.73 Å². The lowest BCUT2D eigenvalue weighted by atomic mass is 9.82. The molecule has 1 spiro atoms. The van der Waals surface area contributed by atoms with Gasteiger partial charge in [-0.05, 0) is 44.9 Å². The first kappa shape index (κ1) is 10.1. The van der Waals surface area contributed by atoms with E-state index in [-0.39, 0.29) is 0 Å². The maximum absolute atomic E-state index is 5.75. The molecule has 2 fully saturated rings. The van der Waals surface area contributed by atoms with Gasteiger partial charge in [-0.3, -0.25) is 0 Å². The largest absolute Gasteiger partial charge is 0.384 e. The third-order valence-corrected chi connectivity index (χ3v) is 4.52. The number of nitrogen functional groups attached to an aromatic ring is 1. The molecule has 1 aromatic heterocycles. The quantitative estimate of drug-likeness (QED) is 0.782. The molecule has 3 rings (SSSR count). The van der Waals surface area contributed by atoms with Gasteiger partial charge >= 0.3 is 0 Å². The van der Waals surface area contributed by atoms with Gasteiger partial charge in [0, 0.05) is 23.7 Å². The third-order valence-electron chi connectivity index (χ3n) is 4.52. The van der Waals surface area contributed by atoms with Gasteiger partial charge in [0.1, 0.15) is 5.82 Å². The number of aromatic nitrogens is 1. The second kappa shape index (κ2) is 3.45. The minimum Gasteiger partial charge on any atom is -0.384 e. The summed E-state index contributed by atoms with van der Waals surface area (Å²) in [6.07, 6.45) is 5.22. The van der Waals surface area contributed by atoms with Crippen LogP contribution in [0.25, 0.3) is 0 Å². The van der Waals surface area contributed by atoms with Crippen LogP contribution in [0.2, 0.25) is 0 Å². The smallest absolute Gasteiger partial charge is 0.123 e. The number of rotatable bonds is 1. The molecule has 0 bridgehead atoms. The highest BCUT2D eigenvalue weighted by molar-refractivity contribution is 5.31. The summed E-state index contributed by atoms with van der Waals surface area (Å²) in [5.74, 6) is 1.27. The number of likely N-dealkylation sites (tertiary alicyclic amines) is 1. The minimum absolute atomic E-state index is 0.497. The number of anilines is 1. The van der Waals surface area contributed by atoms with Crippen molar-refractivity contribution in [2.24, 2.45) is 0 Å². The Morgan fingerprint density at radius 2 is 2.31 bits per heavy atom. The predicted octanol–water partition coefficient (Wildman–Crippen LogP) is 2.01. The van der Waals surface area contributed by atoms with Gasteiger partial charge in [0.15, 0.2) is 0 Å². The van der Waals surface area contributed by atoms with Crippen molar-refractivity contribution >= 4 is 5.82 Å². The molecule has 3 heteroatoms. The van der Waals surface area contributed by atoms with Crippen LogP contribution in [0.5, 0.6) is 0 Å². The van der Waals surface area contributed by atoms with E-state index in [4.69, 9.17) is 5.73 Å². The minimum atomic E-state index is 0.497. The number of hydrogen-bond acceptors (Lipinski definition) is 3. The maximum atomic E-state index is 5.75. The molecule has 2 N–H and O–H groups in total. The first-order valence-electron chi connectivity index (χ1n) is 6.13. The predicted molar refractivity (Wildman–Crippen MR) is 65.2 cm³/mol. The fraction of sp³-hybridized carbons (Fsp3) is 0.615. The summed E-state index contributed by atoms with van der Waals surface area (Å²) >= 11 is 0. The summed E-state index contributed by atoms with van der Waals surface area (Å²) in [7, 11) is 2.25. The molecule has 1 saturated carbocycles. The summed E-state index contributed by atoms with van der Waals surface area (Å²) < 4.78 is 0. The number of pyridine rings is 1. The third kappa shape index (κ3) is 1.42. The van der Waals surface area contributed by atoms with E-state index in [1.54, 1.807) is 0 Å². The van der Waals surface area contributed by atoms with Crippen LogP contribution >= 0.6 is 0 Å². The van der Waals surface area contributed by atoms with Crippen LogP contribution in [0.15, 0.2) is 18.2 Å². The normalized spacial score (nSPS) is 34.2. The molecule has 0 amide bonds. The van der Waals surface area contributed by atoms with Crippen LogP contribution in [0.4, 0.5) is 5.82 Å². The van der Waals surface area contributed by atoms with Gasteiger partial charge in [-0.25, -0.2) is 4.98 Å². The fourth-order valence-corrected chi connectivity index (χ4v) is 3.28. The van der Waals surface area contributed by atoms with E-state index in [0.29, 0.717) is 17.3 Å². The van der Waals surface area contributed by atoms with Gasteiger partial charge in [-0.15, -0.1) is 0 Å². The first-order chi connectivity index (χ1) is 7.70. The molecule has 2 atom stereocenters. The Kier molecular flexibility index (Phi) is 2.18. The molecule has 2 unspecified atom stereocenters. The van der Waals surface area contributed by atoms with Crippen LogP contribution in [-0.2, 0) is 0 Å². The van der Waals surface area contributed by atoms with Crippen molar-refractivity contribution in [3.05, 3.63) is 23.9 Å². The van der Waals surface area contributed by atoms with Crippen LogP contribution in [0.3, 0.4) is 0 Å². The van der Waals surface area contributed by atoms with E-state index in [1.165, 1.54) is 37.9 Å². The summed E-state index contributed by atoms with van der Waals surface area (Å²) in [5.41, 5.74) is 7.43. The lowest BCUT2D eigenvalue weighted by Crippen LogP contribution is -2.55. The van der Waals surface area contributed by atoms with Gasteiger partial charge in [-0.2, -0.15) is 0 Å². The van der Waals surface area contributed by atoms with Crippen LogP contribution in [-0.4, -0.2) is 29.0 Å². The molecule has 1 aliphatic carbocycles. The molecule has 3 nitrogen and oxygen atoms in total. The van der Waals surface area contributed by atoms with E-state index < -0.39 is 0 Å². The van der Waals surface area contributed by atoms with Crippen molar-refractivity contribution in [2.45, 2.75) is 37.1 Å². The standard InChI is InChI=1S/C13H19N3/c1-16-8-7-13(16)6-5-10(9-13)11-3-2-4-12(14)15-11/h2-4,10H,5-9H2,1H3,(H2,14,15). The van der Waals surface area contributed by atoms with Crippen molar-refractivity contribution in [1.29, 1.82) is 0 Å². The second-order valence-corrected chi connectivity index (χ2v) is 5.32. The molecule has 0 aromatic carbocycles.